The molecule has 0 spiro atoms. The number of nitrogens with one attached hydrogen (secondary N) is 1. The number of likely N-dealkylation sites (tertiary alicyclic amines) is 1. The molecular weight excluding hydrogens is 224 g/mol. The molecule has 0 aliphatic carbocycles. The molecule has 2 rings (SSSR count). The average molecular weight is 242 g/mol. The molecule has 6 nitrogen and oxygen atoms in total. The molecule has 2 unspecified atom stereocenters. The van der Waals surface area contributed by atoms with Gasteiger partial charge in [-0.25, -0.2) is 0 Å². The maximum absolute atomic E-state index is 12.0. The summed E-state index contributed by atoms with van der Waals surface area (Å²) in [5.74, 6) is -0.595. The third-order valence-corrected chi connectivity index (χ3v) is 3.45. The lowest BCUT2D eigenvalue weighted by atomic mass is 9.95. The van der Waals surface area contributed by atoms with Crippen molar-refractivity contribution in [2.24, 2.45) is 5.92 Å². The maximum Gasteiger partial charge on any atom is 0.303 e. The molecule has 0 radical (unpaired) electrons. The van der Waals surface area contributed by atoms with Crippen LogP contribution in [-0.2, 0) is 14.3 Å². The largest absolute Gasteiger partial charge is 0.481 e. The Balaban J connectivity index is 1.74. The van der Waals surface area contributed by atoms with E-state index in [2.05, 4.69) is 5.32 Å². The Morgan fingerprint density at radius 3 is 2.71 bits per heavy atom. The van der Waals surface area contributed by atoms with Crippen molar-refractivity contribution >= 4 is 11.9 Å². The highest BCUT2D eigenvalue weighted by Gasteiger charge is 2.38. The van der Waals surface area contributed by atoms with Crippen LogP contribution in [0.1, 0.15) is 12.8 Å². The topological polar surface area (TPSA) is 78.9 Å². The van der Waals surface area contributed by atoms with Crippen molar-refractivity contribution in [3.05, 3.63) is 0 Å². The molecule has 0 aromatic rings. The fourth-order valence-electron chi connectivity index (χ4n) is 2.42. The summed E-state index contributed by atoms with van der Waals surface area (Å²) >= 11 is 0. The summed E-state index contributed by atoms with van der Waals surface area (Å²) in [5.41, 5.74) is 0. The number of carboxylic acids is 1. The lowest BCUT2D eigenvalue weighted by molar-refractivity contribution is -0.146. The fourth-order valence-corrected chi connectivity index (χ4v) is 2.42. The van der Waals surface area contributed by atoms with Gasteiger partial charge in [-0.3, -0.25) is 9.59 Å². The van der Waals surface area contributed by atoms with Crippen LogP contribution in [-0.4, -0.2) is 60.8 Å². The van der Waals surface area contributed by atoms with Crippen LogP contribution in [0, 0.1) is 5.92 Å². The van der Waals surface area contributed by atoms with Gasteiger partial charge >= 0.3 is 5.97 Å². The Bertz CT molecular complexity index is 315. The third-order valence-electron chi connectivity index (χ3n) is 3.45. The first kappa shape index (κ1) is 12.3. The van der Waals surface area contributed by atoms with Gasteiger partial charge < -0.3 is 20.1 Å². The summed E-state index contributed by atoms with van der Waals surface area (Å²) in [6.45, 7) is 1.85. The van der Waals surface area contributed by atoms with E-state index in [1.165, 1.54) is 0 Å². The van der Waals surface area contributed by atoms with E-state index in [0.717, 1.165) is 0 Å². The zero-order valence-corrected chi connectivity index (χ0v) is 9.89. The van der Waals surface area contributed by atoms with E-state index in [0.29, 0.717) is 26.1 Å². The number of rotatable bonds is 4. The Hall–Kier alpha value is -1.14. The second-order valence-electron chi connectivity index (χ2n) is 4.76. The van der Waals surface area contributed by atoms with E-state index in [4.69, 9.17) is 9.84 Å². The molecule has 2 aliphatic heterocycles. The molecule has 0 bridgehead atoms. The Kier molecular flexibility index (Phi) is 3.63. The summed E-state index contributed by atoms with van der Waals surface area (Å²) in [7, 11) is 1.64. The molecule has 2 aliphatic rings. The molecule has 17 heavy (non-hydrogen) atoms. The molecule has 2 heterocycles. The van der Waals surface area contributed by atoms with E-state index in [1.54, 1.807) is 12.0 Å². The average Bonchev–Trinajstić information content (AvgIpc) is 2.70. The summed E-state index contributed by atoms with van der Waals surface area (Å²) in [4.78, 5) is 24.2. The smallest absolute Gasteiger partial charge is 0.303 e. The molecule has 0 saturated carbocycles. The predicted octanol–water partition coefficient (Wildman–Crippen LogP) is -0.704. The lowest BCUT2D eigenvalue weighted by Crippen LogP contribution is -2.55. The highest BCUT2D eigenvalue weighted by atomic mass is 16.5. The third kappa shape index (κ3) is 2.76. The van der Waals surface area contributed by atoms with Crippen LogP contribution >= 0.6 is 0 Å². The highest BCUT2D eigenvalue weighted by molar-refractivity contribution is 5.83. The molecule has 0 aromatic heterocycles. The fraction of sp³-hybridized carbons (Fsp3) is 0.818. The second kappa shape index (κ2) is 5.01. The number of carboxylic acid groups (broad SMARTS) is 1. The Morgan fingerprint density at radius 1 is 1.47 bits per heavy atom. The van der Waals surface area contributed by atoms with Crippen LogP contribution in [0.3, 0.4) is 0 Å². The number of hydrogen-bond donors (Lipinski definition) is 2. The van der Waals surface area contributed by atoms with Gasteiger partial charge in [0.25, 0.3) is 0 Å². The van der Waals surface area contributed by atoms with Gasteiger partial charge in [-0.05, 0) is 6.42 Å². The van der Waals surface area contributed by atoms with Gasteiger partial charge in [0.15, 0.2) is 0 Å². The number of aliphatic carboxylic acids is 1. The van der Waals surface area contributed by atoms with E-state index in [1.807, 2.05) is 0 Å². The van der Waals surface area contributed by atoms with Crippen LogP contribution in [0.2, 0.25) is 0 Å². The normalized spacial score (nSPS) is 29.1. The number of amides is 1. The van der Waals surface area contributed by atoms with Crippen molar-refractivity contribution in [2.75, 3.05) is 26.7 Å². The van der Waals surface area contributed by atoms with Gasteiger partial charge in [0.05, 0.1) is 18.6 Å². The minimum atomic E-state index is -0.791. The van der Waals surface area contributed by atoms with Gasteiger partial charge in [-0.1, -0.05) is 0 Å². The highest BCUT2D eigenvalue weighted by Crippen LogP contribution is 2.22. The van der Waals surface area contributed by atoms with Gasteiger partial charge in [0.2, 0.25) is 5.91 Å². The van der Waals surface area contributed by atoms with Gasteiger partial charge in [0, 0.05) is 32.7 Å². The molecule has 96 valence electrons. The summed E-state index contributed by atoms with van der Waals surface area (Å²) in [6, 6.07) is -0.161. The summed E-state index contributed by atoms with van der Waals surface area (Å²) in [5, 5.41) is 11.7. The molecule has 6 heteroatoms. The number of nitrogens with zero attached hydrogens (tertiary/aromatic N) is 1. The maximum atomic E-state index is 12.0. The van der Waals surface area contributed by atoms with Gasteiger partial charge in [-0.2, -0.15) is 0 Å². The van der Waals surface area contributed by atoms with Crippen molar-refractivity contribution in [2.45, 2.75) is 25.0 Å². The quantitative estimate of drug-likeness (QED) is 0.681. The number of methoxy groups -OCH3 is 1. The molecule has 2 atom stereocenters. The SMILES string of the molecule is COC1CNC(C(=O)N2CC(CC(=O)O)C2)C1. The van der Waals surface area contributed by atoms with Crippen LogP contribution in [0.25, 0.3) is 0 Å². The lowest BCUT2D eigenvalue weighted by Gasteiger charge is -2.40. The number of carbonyl (C=O) groups excluding carboxylic acids is 1. The van der Waals surface area contributed by atoms with Crippen LogP contribution < -0.4 is 5.32 Å². The monoisotopic (exact) mass is 242 g/mol. The second-order valence-corrected chi connectivity index (χ2v) is 4.76. The minimum Gasteiger partial charge on any atom is -0.481 e. The zero-order valence-electron chi connectivity index (χ0n) is 9.89. The van der Waals surface area contributed by atoms with Crippen LogP contribution in [0.4, 0.5) is 0 Å². The molecule has 2 fully saturated rings. The van der Waals surface area contributed by atoms with Crippen molar-refractivity contribution in [3.8, 4) is 0 Å². The van der Waals surface area contributed by atoms with Gasteiger partial charge in [0.1, 0.15) is 0 Å². The first-order valence-corrected chi connectivity index (χ1v) is 5.87. The minimum absolute atomic E-state index is 0.0752. The van der Waals surface area contributed by atoms with Crippen LogP contribution in [0.15, 0.2) is 0 Å². The molecular formula is C11H18N2O4. The Morgan fingerprint density at radius 2 is 2.18 bits per heavy atom. The Labute approximate surface area is 99.9 Å². The van der Waals surface area contributed by atoms with E-state index >= 15 is 0 Å². The zero-order chi connectivity index (χ0) is 12.4. The molecule has 0 aromatic carbocycles. The van der Waals surface area contributed by atoms with E-state index < -0.39 is 5.97 Å². The summed E-state index contributed by atoms with van der Waals surface area (Å²) < 4.78 is 5.19. The van der Waals surface area contributed by atoms with Crippen molar-refractivity contribution in [1.29, 1.82) is 0 Å². The summed E-state index contributed by atoms with van der Waals surface area (Å²) in [6.07, 6.45) is 0.970. The number of carbonyl (C=O) groups is 2. The van der Waals surface area contributed by atoms with Gasteiger partial charge in [-0.15, -0.1) is 0 Å². The molecule has 2 N–H and O–H groups in total. The molecule has 2 saturated heterocycles. The number of hydrogen-bond acceptors (Lipinski definition) is 4. The first-order valence-electron chi connectivity index (χ1n) is 5.87. The van der Waals surface area contributed by atoms with E-state index in [-0.39, 0.29) is 30.4 Å². The van der Waals surface area contributed by atoms with Crippen molar-refractivity contribution < 1.29 is 19.4 Å². The van der Waals surface area contributed by atoms with Crippen molar-refractivity contribution in [1.82, 2.24) is 10.2 Å². The number of ether oxygens (including phenoxy) is 1. The predicted molar refractivity (Wildman–Crippen MR) is 59.5 cm³/mol. The van der Waals surface area contributed by atoms with Crippen molar-refractivity contribution in [3.63, 3.8) is 0 Å². The van der Waals surface area contributed by atoms with E-state index in [9.17, 15) is 9.59 Å². The standard InChI is InChI=1S/C11H18N2O4/c1-17-8-3-9(12-4-8)11(16)13-5-7(6-13)2-10(14)15/h7-9,12H,2-6H2,1H3,(H,14,15). The first-order chi connectivity index (χ1) is 8.10. The van der Waals surface area contributed by atoms with Crippen LogP contribution in [0.5, 0.6) is 0 Å². The molecule has 1 amide bonds.